The molecule has 1 fully saturated rings. The molecule has 0 saturated heterocycles. The molecule has 0 aliphatic heterocycles. The Morgan fingerprint density at radius 2 is 2.14 bits per heavy atom. The average Bonchev–Trinajstić information content (AvgIpc) is 2.56. The summed E-state index contributed by atoms with van der Waals surface area (Å²) < 4.78 is 0. The van der Waals surface area contributed by atoms with E-state index in [2.05, 4.69) is 43.3 Å². The van der Waals surface area contributed by atoms with Crippen LogP contribution in [0.1, 0.15) is 76.5 Å². The van der Waals surface area contributed by atoms with Crippen LogP contribution in [-0.2, 0) is 6.42 Å². The maximum atomic E-state index is 4.33. The van der Waals surface area contributed by atoms with Gasteiger partial charge in [0, 0.05) is 18.4 Å². The Kier molecular flexibility index (Phi) is 6.69. The standard InChI is InChI=1S/C19H32N2/c1-4-11-21-19(17-9-7-8-15(5-2)13-17)18-10-12-20-14-16(18)6-3/h10,12,14-15,17,19,21H,4-9,11,13H2,1-3H3. The van der Waals surface area contributed by atoms with Crippen molar-refractivity contribution in [2.75, 3.05) is 6.54 Å². The van der Waals surface area contributed by atoms with Gasteiger partial charge in [0.2, 0.25) is 0 Å². The van der Waals surface area contributed by atoms with E-state index in [1.165, 1.54) is 49.7 Å². The van der Waals surface area contributed by atoms with Crippen LogP contribution in [0.5, 0.6) is 0 Å². The van der Waals surface area contributed by atoms with E-state index in [4.69, 9.17) is 0 Å². The lowest BCUT2D eigenvalue weighted by Gasteiger charge is -2.36. The van der Waals surface area contributed by atoms with Crippen molar-refractivity contribution in [2.24, 2.45) is 11.8 Å². The number of aromatic nitrogens is 1. The molecule has 2 heteroatoms. The summed E-state index contributed by atoms with van der Waals surface area (Å²) in [6.07, 6.45) is 13.3. The van der Waals surface area contributed by atoms with Crippen LogP contribution in [0.25, 0.3) is 0 Å². The van der Waals surface area contributed by atoms with Gasteiger partial charge >= 0.3 is 0 Å². The second-order valence-electron chi connectivity index (χ2n) is 6.56. The summed E-state index contributed by atoms with van der Waals surface area (Å²) in [6, 6.07) is 2.78. The number of hydrogen-bond acceptors (Lipinski definition) is 2. The zero-order valence-corrected chi connectivity index (χ0v) is 14.1. The largest absolute Gasteiger partial charge is 0.310 e. The number of aryl methyl sites for hydroxylation is 1. The second-order valence-corrected chi connectivity index (χ2v) is 6.56. The van der Waals surface area contributed by atoms with Gasteiger partial charge in [-0.05, 0) is 61.3 Å². The maximum absolute atomic E-state index is 4.33. The van der Waals surface area contributed by atoms with E-state index in [0.29, 0.717) is 6.04 Å². The van der Waals surface area contributed by atoms with Crippen LogP contribution in [-0.4, -0.2) is 11.5 Å². The zero-order chi connectivity index (χ0) is 15.1. The number of nitrogens with zero attached hydrogens (tertiary/aromatic N) is 1. The molecule has 3 atom stereocenters. The molecule has 1 aliphatic carbocycles. The average molecular weight is 288 g/mol. The summed E-state index contributed by atoms with van der Waals surface area (Å²) in [5.41, 5.74) is 2.92. The fourth-order valence-corrected chi connectivity index (χ4v) is 3.87. The van der Waals surface area contributed by atoms with E-state index in [9.17, 15) is 0 Å². The number of hydrogen-bond donors (Lipinski definition) is 1. The highest BCUT2D eigenvalue weighted by atomic mass is 14.9. The van der Waals surface area contributed by atoms with Crippen LogP contribution in [0.15, 0.2) is 18.5 Å². The molecule has 1 heterocycles. The highest BCUT2D eigenvalue weighted by molar-refractivity contribution is 5.27. The fourth-order valence-electron chi connectivity index (χ4n) is 3.87. The Hall–Kier alpha value is -0.890. The molecule has 1 saturated carbocycles. The lowest BCUT2D eigenvalue weighted by atomic mass is 9.74. The van der Waals surface area contributed by atoms with E-state index in [1.807, 2.05) is 6.20 Å². The van der Waals surface area contributed by atoms with Crippen LogP contribution >= 0.6 is 0 Å². The Labute approximate surface area is 130 Å². The molecule has 1 aliphatic rings. The Bertz CT molecular complexity index is 416. The van der Waals surface area contributed by atoms with Gasteiger partial charge in [0.1, 0.15) is 0 Å². The summed E-state index contributed by atoms with van der Waals surface area (Å²) in [5, 5.41) is 3.85. The van der Waals surface area contributed by atoms with Crippen molar-refractivity contribution in [2.45, 2.75) is 71.8 Å². The van der Waals surface area contributed by atoms with Gasteiger partial charge in [-0.1, -0.05) is 40.0 Å². The molecule has 2 rings (SSSR count). The summed E-state index contributed by atoms with van der Waals surface area (Å²) in [4.78, 5) is 4.33. The third kappa shape index (κ3) is 4.29. The lowest BCUT2D eigenvalue weighted by molar-refractivity contribution is 0.209. The Balaban J connectivity index is 2.20. The molecule has 0 radical (unpaired) electrons. The second kappa shape index (κ2) is 8.53. The first-order chi connectivity index (χ1) is 10.3. The van der Waals surface area contributed by atoms with Crippen LogP contribution < -0.4 is 5.32 Å². The predicted octanol–water partition coefficient (Wildman–Crippen LogP) is 4.90. The molecule has 2 nitrogen and oxygen atoms in total. The molecule has 118 valence electrons. The minimum Gasteiger partial charge on any atom is -0.310 e. The van der Waals surface area contributed by atoms with Crippen molar-refractivity contribution >= 4 is 0 Å². The summed E-state index contributed by atoms with van der Waals surface area (Å²) in [5.74, 6) is 1.73. The number of rotatable bonds is 7. The van der Waals surface area contributed by atoms with Crippen molar-refractivity contribution in [1.29, 1.82) is 0 Å². The quantitative estimate of drug-likeness (QED) is 0.772. The molecular weight excluding hydrogens is 256 g/mol. The monoisotopic (exact) mass is 288 g/mol. The van der Waals surface area contributed by atoms with Crippen molar-refractivity contribution < 1.29 is 0 Å². The molecule has 1 N–H and O–H groups in total. The lowest BCUT2D eigenvalue weighted by Crippen LogP contribution is -2.33. The SMILES string of the molecule is CCCNC(c1ccncc1CC)C1CCCC(CC)C1. The molecule has 3 unspecified atom stereocenters. The molecule has 21 heavy (non-hydrogen) atoms. The van der Waals surface area contributed by atoms with Gasteiger partial charge in [-0.25, -0.2) is 0 Å². The minimum atomic E-state index is 0.525. The summed E-state index contributed by atoms with van der Waals surface area (Å²) in [7, 11) is 0. The van der Waals surface area contributed by atoms with Gasteiger partial charge in [0.05, 0.1) is 0 Å². The highest BCUT2D eigenvalue weighted by Gasteiger charge is 2.29. The number of nitrogens with one attached hydrogen (secondary N) is 1. The first-order valence-corrected chi connectivity index (χ1v) is 8.96. The molecular formula is C19H32N2. The van der Waals surface area contributed by atoms with E-state index in [1.54, 1.807) is 0 Å². The van der Waals surface area contributed by atoms with E-state index < -0.39 is 0 Å². The predicted molar refractivity (Wildman–Crippen MR) is 90.4 cm³/mol. The van der Waals surface area contributed by atoms with Gasteiger partial charge in [-0.3, -0.25) is 4.98 Å². The van der Waals surface area contributed by atoms with Gasteiger partial charge in [0.15, 0.2) is 0 Å². The Morgan fingerprint density at radius 3 is 2.86 bits per heavy atom. The van der Waals surface area contributed by atoms with Crippen LogP contribution in [0.2, 0.25) is 0 Å². The van der Waals surface area contributed by atoms with Gasteiger partial charge in [-0.2, -0.15) is 0 Å². The molecule has 0 bridgehead atoms. The van der Waals surface area contributed by atoms with Crippen LogP contribution in [0.4, 0.5) is 0 Å². The summed E-state index contributed by atoms with van der Waals surface area (Å²) >= 11 is 0. The van der Waals surface area contributed by atoms with Crippen molar-refractivity contribution in [3.8, 4) is 0 Å². The maximum Gasteiger partial charge on any atom is 0.0352 e. The molecule has 0 aromatic carbocycles. The fraction of sp³-hybridized carbons (Fsp3) is 0.737. The molecule has 0 spiro atoms. The Morgan fingerprint density at radius 1 is 1.29 bits per heavy atom. The van der Waals surface area contributed by atoms with Crippen LogP contribution in [0.3, 0.4) is 0 Å². The molecule has 1 aromatic heterocycles. The van der Waals surface area contributed by atoms with Gasteiger partial charge < -0.3 is 5.32 Å². The van der Waals surface area contributed by atoms with Gasteiger partial charge in [0.25, 0.3) is 0 Å². The van der Waals surface area contributed by atoms with E-state index in [0.717, 1.165) is 24.8 Å². The third-order valence-electron chi connectivity index (χ3n) is 5.14. The van der Waals surface area contributed by atoms with Gasteiger partial charge in [-0.15, -0.1) is 0 Å². The topological polar surface area (TPSA) is 24.9 Å². The van der Waals surface area contributed by atoms with E-state index >= 15 is 0 Å². The summed E-state index contributed by atoms with van der Waals surface area (Å²) in [6.45, 7) is 7.97. The normalized spacial score (nSPS) is 24.0. The van der Waals surface area contributed by atoms with E-state index in [-0.39, 0.29) is 0 Å². The van der Waals surface area contributed by atoms with Crippen LogP contribution in [0, 0.1) is 11.8 Å². The first-order valence-electron chi connectivity index (χ1n) is 8.96. The smallest absolute Gasteiger partial charge is 0.0352 e. The number of pyridine rings is 1. The van der Waals surface area contributed by atoms with Crippen molar-refractivity contribution in [3.63, 3.8) is 0 Å². The van der Waals surface area contributed by atoms with Crippen molar-refractivity contribution in [3.05, 3.63) is 29.6 Å². The third-order valence-corrected chi connectivity index (χ3v) is 5.14. The highest BCUT2D eigenvalue weighted by Crippen LogP contribution is 2.39. The zero-order valence-electron chi connectivity index (χ0n) is 14.1. The molecule has 1 aromatic rings. The molecule has 0 amide bonds. The first kappa shape index (κ1) is 16.5. The van der Waals surface area contributed by atoms with Crippen molar-refractivity contribution in [1.82, 2.24) is 10.3 Å². The minimum absolute atomic E-state index is 0.525.